The zero-order valence-electron chi connectivity index (χ0n) is 8.29. The van der Waals surface area contributed by atoms with Crippen molar-refractivity contribution in [3.05, 3.63) is 0 Å². The Labute approximate surface area is 79.7 Å². The van der Waals surface area contributed by atoms with Gasteiger partial charge in [0, 0.05) is 6.42 Å². The first kappa shape index (κ1) is 9.04. The van der Waals surface area contributed by atoms with Crippen LogP contribution in [-0.2, 0) is 9.53 Å². The van der Waals surface area contributed by atoms with Crippen molar-refractivity contribution in [2.24, 2.45) is 17.8 Å². The third-order valence-corrected chi connectivity index (χ3v) is 3.83. The molecule has 0 saturated heterocycles. The fraction of sp³-hybridized carbons (Fsp3) is 0.909. The standard InChI is InChI=1S/C11H18O2/c1-13-11(12)5-4-10-7-8-2-3-9(10)6-8/h8-10H,2-7H2,1H3/t8-,9+,10+/m0/s1. The molecule has 0 heterocycles. The molecule has 0 aromatic rings. The lowest BCUT2D eigenvalue weighted by molar-refractivity contribution is -0.141. The predicted molar refractivity (Wildman–Crippen MR) is 50.2 cm³/mol. The van der Waals surface area contributed by atoms with E-state index in [0.717, 1.165) is 24.2 Å². The minimum absolute atomic E-state index is 0.0391. The summed E-state index contributed by atoms with van der Waals surface area (Å²) in [6, 6.07) is 0. The maximum atomic E-state index is 11.0. The summed E-state index contributed by atoms with van der Waals surface area (Å²) in [5, 5.41) is 0. The highest BCUT2D eigenvalue weighted by atomic mass is 16.5. The van der Waals surface area contributed by atoms with Crippen LogP contribution in [0.1, 0.15) is 38.5 Å². The average Bonchev–Trinajstić information content (AvgIpc) is 2.74. The summed E-state index contributed by atoms with van der Waals surface area (Å²) >= 11 is 0. The van der Waals surface area contributed by atoms with Crippen molar-refractivity contribution in [3.63, 3.8) is 0 Å². The Kier molecular flexibility index (Phi) is 2.56. The van der Waals surface area contributed by atoms with E-state index >= 15 is 0 Å². The number of rotatable bonds is 3. The molecule has 2 nitrogen and oxygen atoms in total. The average molecular weight is 182 g/mol. The molecule has 2 fully saturated rings. The molecular formula is C11H18O2. The highest BCUT2D eigenvalue weighted by Gasteiger charge is 2.39. The number of carbonyl (C=O) groups is 1. The SMILES string of the molecule is COC(=O)CC[C@@H]1C[C@H]2CC[C@@H]1C2. The third-order valence-electron chi connectivity index (χ3n) is 3.83. The monoisotopic (exact) mass is 182 g/mol. The van der Waals surface area contributed by atoms with Crippen LogP contribution >= 0.6 is 0 Å². The number of esters is 1. The molecule has 0 unspecified atom stereocenters. The summed E-state index contributed by atoms with van der Waals surface area (Å²) < 4.78 is 4.65. The number of hydrogen-bond donors (Lipinski definition) is 0. The van der Waals surface area contributed by atoms with Gasteiger partial charge in [-0.2, -0.15) is 0 Å². The third kappa shape index (κ3) is 1.87. The van der Waals surface area contributed by atoms with Crippen LogP contribution in [0.15, 0.2) is 0 Å². The second-order valence-corrected chi connectivity index (χ2v) is 4.55. The summed E-state index contributed by atoms with van der Waals surface area (Å²) in [7, 11) is 1.48. The van der Waals surface area contributed by atoms with Gasteiger partial charge in [0.25, 0.3) is 0 Å². The van der Waals surface area contributed by atoms with E-state index in [1.54, 1.807) is 0 Å². The van der Waals surface area contributed by atoms with Crippen molar-refractivity contribution in [2.45, 2.75) is 38.5 Å². The van der Waals surface area contributed by atoms with Crippen molar-refractivity contribution < 1.29 is 9.53 Å². The highest BCUT2D eigenvalue weighted by molar-refractivity contribution is 5.69. The quantitative estimate of drug-likeness (QED) is 0.626. The lowest BCUT2D eigenvalue weighted by Crippen LogP contribution is -2.12. The van der Waals surface area contributed by atoms with Gasteiger partial charge in [-0.25, -0.2) is 0 Å². The second-order valence-electron chi connectivity index (χ2n) is 4.55. The minimum atomic E-state index is -0.0391. The van der Waals surface area contributed by atoms with E-state index < -0.39 is 0 Å². The maximum Gasteiger partial charge on any atom is 0.305 e. The van der Waals surface area contributed by atoms with Crippen LogP contribution in [0, 0.1) is 17.8 Å². The molecule has 2 bridgehead atoms. The molecule has 2 rings (SSSR count). The van der Waals surface area contributed by atoms with Crippen molar-refractivity contribution >= 4 is 5.97 Å². The summed E-state index contributed by atoms with van der Waals surface area (Å²) in [4.78, 5) is 11.0. The van der Waals surface area contributed by atoms with Crippen LogP contribution in [0.4, 0.5) is 0 Å². The number of hydrogen-bond acceptors (Lipinski definition) is 2. The van der Waals surface area contributed by atoms with Gasteiger partial charge in [0.2, 0.25) is 0 Å². The van der Waals surface area contributed by atoms with Crippen molar-refractivity contribution in [1.82, 2.24) is 0 Å². The smallest absolute Gasteiger partial charge is 0.305 e. The first-order valence-electron chi connectivity index (χ1n) is 5.36. The molecular weight excluding hydrogens is 164 g/mol. The molecule has 74 valence electrons. The van der Waals surface area contributed by atoms with Crippen molar-refractivity contribution in [3.8, 4) is 0 Å². The molecule has 2 aliphatic rings. The molecule has 0 N–H and O–H groups in total. The Morgan fingerprint density at radius 1 is 1.38 bits per heavy atom. The van der Waals surface area contributed by atoms with E-state index in [1.807, 2.05) is 0 Å². The van der Waals surface area contributed by atoms with Crippen LogP contribution < -0.4 is 0 Å². The topological polar surface area (TPSA) is 26.3 Å². The van der Waals surface area contributed by atoms with Gasteiger partial charge in [0.15, 0.2) is 0 Å². The van der Waals surface area contributed by atoms with E-state index in [0.29, 0.717) is 6.42 Å². The number of fused-ring (bicyclic) bond motifs is 2. The zero-order valence-corrected chi connectivity index (χ0v) is 8.29. The molecule has 0 aliphatic heterocycles. The molecule has 0 radical (unpaired) electrons. The van der Waals surface area contributed by atoms with Crippen LogP contribution in [0.3, 0.4) is 0 Å². The van der Waals surface area contributed by atoms with Crippen LogP contribution in [0.2, 0.25) is 0 Å². The van der Waals surface area contributed by atoms with Gasteiger partial charge in [-0.05, 0) is 43.4 Å². The number of carbonyl (C=O) groups excluding carboxylic acids is 1. The second kappa shape index (κ2) is 3.69. The fourth-order valence-electron chi connectivity index (χ4n) is 3.14. The van der Waals surface area contributed by atoms with E-state index in [1.165, 1.54) is 32.8 Å². The maximum absolute atomic E-state index is 11.0. The molecule has 0 amide bonds. The van der Waals surface area contributed by atoms with Gasteiger partial charge in [0.05, 0.1) is 7.11 Å². The van der Waals surface area contributed by atoms with Crippen LogP contribution in [-0.4, -0.2) is 13.1 Å². The lowest BCUT2D eigenvalue weighted by atomic mass is 9.85. The summed E-state index contributed by atoms with van der Waals surface area (Å²) in [6.45, 7) is 0. The van der Waals surface area contributed by atoms with Gasteiger partial charge in [-0.15, -0.1) is 0 Å². The Balaban J connectivity index is 1.74. The summed E-state index contributed by atoms with van der Waals surface area (Å²) in [5.41, 5.74) is 0. The largest absolute Gasteiger partial charge is 0.469 e. The van der Waals surface area contributed by atoms with Gasteiger partial charge in [-0.3, -0.25) is 4.79 Å². The summed E-state index contributed by atoms with van der Waals surface area (Å²) in [6.07, 6.45) is 7.36. The van der Waals surface area contributed by atoms with Gasteiger partial charge in [-0.1, -0.05) is 6.42 Å². The van der Waals surface area contributed by atoms with Crippen LogP contribution in [0.25, 0.3) is 0 Å². The van der Waals surface area contributed by atoms with Crippen LogP contribution in [0.5, 0.6) is 0 Å². The van der Waals surface area contributed by atoms with Gasteiger partial charge in [0.1, 0.15) is 0 Å². The van der Waals surface area contributed by atoms with E-state index in [9.17, 15) is 4.79 Å². The van der Waals surface area contributed by atoms with E-state index in [-0.39, 0.29) is 5.97 Å². The highest BCUT2D eigenvalue weighted by Crippen LogP contribution is 2.49. The minimum Gasteiger partial charge on any atom is -0.469 e. The molecule has 2 aliphatic carbocycles. The summed E-state index contributed by atoms with van der Waals surface area (Å²) in [5.74, 6) is 2.72. The number of ether oxygens (including phenoxy) is 1. The first-order chi connectivity index (χ1) is 6.29. The predicted octanol–water partition coefficient (Wildman–Crippen LogP) is 2.38. The normalized spacial score (nSPS) is 36.5. The molecule has 2 saturated carbocycles. The Hall–Kier alpha value is -0.530. The molecule has 2 heteroatoms. The van der Waals surface area contributed by atoms with Crippen molar-refractivity contribution in [2.75, 3.05) is 7.11 Å². The Morgan fingerprint density at radius 3 is 2.77 bits per heavy atom. The molecule has 0 aromatic heterocycles. The first-order valence-corrected chi connectivity index (χ1v) is 5.36. The molecule has 13 heavy (non-hydrogen) atoms. The van der Waals surface area contributed by atoms with E-state index in [4.69, 9.17) is 0 Å². The van der Waals surface area contributed by atoms with Gasteiger partial charge >= 0.3 is 5.97 Å². The lowest BCUT2D eigenvalue weighted by Gasteiger charge is -2.20. The Morgan fingerprint density at radius 2 is 2.23 bits per heavy atom. The Bertz CT molecular complexity index is 200. The van der Waals surface area contributed by atoms with E-state index in [2.05, 4.69) is 4.74 Å². The molecule has 3 atom stereocenters. The van der Waals surface area contributed by atoms with Gasteiger partial charge < -0.3 is 4.74 Å². The molecule has 0 aromatic carbocycles. The number of methoxy groups -OCH3 is 1. The zero-order chi connectivity index (χ0) is 9.26. The fourth-order valence-corrected chi connectivity index (χ4v) is 3.14. The van der Waals surface area contributed by atoms with Crippen molar-refractivity contribution in [1.29, 1.82) is 0 Å². The molecule has 0 spiro atoms.